The van der Waals surface area contributed by atoms with Crippen molar-refractivity contribution in [2.45, 2.75) is 42.5 Å². The van der Waals surface area contributed by atoms with Crippen molar-refractivity contribution in [2.75, 3.05) is 7.11 Å². The third-order valence-corrected chi connectivity index (χ3v) is 2.58. The number of halogens is 14. The van der Waals surface area contributed by atoms with Crippen molar-refractivity contribution in [3.05, 3.63) is 0 Å². The van der Waals surface area contributed by atoms with Crippen molar-refractivity contribution in [1.29, 1.82) is 0 Å². The van der Waals surface area contributed by atoms with Gasteiger partial charge in [-0.25, -0.2) is 4.79 Å². The van der Waals surface area contributed by atoms with Crippen molar-refractivity contribution in [2.24, 2.45) is 0 Å². The van der Waals surface area contributed by atoms with Crippen molar-refractivity contribution in [3.8, 4) is 0 Å². The topological polar surface area (TPSA) is 61.8 Å². The van der Waals surface area contributed by atoms with E-state index in [0.29, 0.717) is 0 Å². The SMILES string of the molecule is COC(=O)C(F)(F)C(F)(F)OC(F)(C(F)(F)F)C(F)(F)OC(C(=O)F)C(F)(F)F. The first kappa shape index (κ1) is 27.1. The highest BCUT2D eigenvalue weighted by molar-refractivity contribution is 5.78. The highest BCUT2D eigenvalue weighted by Gasteiger charge is 2.82. The molecule has 0 spiro atoms. The molecular formula is C10H4F14O5. The van der Waals surface area contributed by atoms with Crippen LogP contribution in [-0.2, 0) is 23.8 Å². The smallest absolute Gasteiger partial charge is 0.458 e. The normalized spacial score (nSPS) is 17.5. The highest BCUT2D eigenvalue weighted by Crippen LogP contribution is 2.53. The average Bonchev–Trinajstić information content (AvgIpc) is 2.48. The Morgan fingerprint density at radius 2 is 1.17 bits per heavy atom. The molecule has 172 valence electrons. The number of alkyl halides is 13. The number of hydrogen-bond acceptors (Lipinski definition) is 5. The minimum atomic E-state index is -7.58. The molecule has 0 aliphatic heterocycles. The number of ether oxygens (including phenoxy) is 3. The lowest BCUT2D eigenvalue weighted by molar-refractivity contribution is -0.522. The zero-order valence-corrected chi connectivity index (χ0v) is 12.9. The Morgan fingerprint density at radius 3 is 1.45 bits per heavy atom. The summed E-state index contributed by atoms with van der Waals surface area (Å²) >= 11 is 0. The summed E-state index contributed by atoms with van der Waals surface area (Å²) in [5.74, 6) is -17.6. The standard InChI is InChI=1S/C10H4F14O5/c1-27-4(26)5(12,13)9(21,22)29-7(17,8(18,19)20)10(23,24)28-2(3(11)25)6(14,15)16/h2H,1H3. The van der Waals surface area contributed by atoms with E-state index in [4.69, 9.17) is 0 Å². The number of esters is 1. The van der Waals surface area contributed by atoms with Gasteiger partial charge in [-0.15, -0.1) is 0 Å². The van der Waals surface area contributed by atoms with Gasteiger partial charge < -0.3 is 4.74 Å². The van der Waals surface area contributed by atoms with Crippen molar-refractivity contribution >= 4 is 12.0 Å². The van der Waals surface area contributed by atoms with E-state index in [2.05, 4.69) is 4.74 Å². The Bertz CT molecular complexity index is 625. The summed E-state index contributed by atoms with van der Waals surface area (Å²) in [7, 11) is -0.0583. The Balaban J connectivity index is 6.39. The second-order valence-corrected chi connectivity index (χ2v) is 4.64. The van der Waals surface area contributed by atoms with E-state index in [1.54, 1.807) is 4.74 Å². The predicted molar refractivity (Wildman–Crippen MR) is 54.9 cm³/mol. The molecule has 0 N–H and O–H groups in total. The van der Waals surface area contributed by atoms with E-state index in [1.807, 2.05) is 4.74 Å². The number of hydrogen-bond donors (Lipinski definition) is 0. The maximum absolute atomic E-state index is 13.7. The minimum Gasteiger partial charge on any atom is -0.464 e. The largest absolute Gasteiger partial charge is 0.464 e. The number of methoxy groups -OCH3 is 1. The van der Waals surface area contributed by atoms with Gasteiger partial charge in [-0.1, -0.05) is 0 Å². The fraction of sp³-hybridized carbons (Fsp3) is 0.800. The summed E-state index contributed by atoms with van der Waals surface area (Å²) in [5, 5.41) is 0. The van der Waals surface area contributed by atoms with Crippen LogP contribution < -0.4 is 0 Å². The Hall–Kier alpha value is -1.92. The number of rotatable bonds is 8. The second-order valence-electron chi connectivity index (χ2n) is 4.64. The molecule has 0 aliphatic rings. The molecule has 0 amide bonds. The monoisotopic (exact) mass is 470 g/mol. The summed E-state index contributed by atoms with van der Waals surface area (Å²) in [5.41, 5.74) is 0. The van der Waals surface area contributed by atoms with E-state index in [9.17, 15) is 71.1 Å². The third-order valence-electron chi connectivity index (χ3n) is 2.58. The molecule has 19 heteroatoms. The second kappa shape index (κ2) is 7.73. The molecule has 0 bridgehead atoms. The van der Waals surface area contributed by atoms with E-state index < -0.39 is 54.5 Å². The third kappa shape index (κ3) is 5.17. The van der Waals surface area contributed by atoms with Crippen LogP contribution >= 0.6 is 0 Å². The van der Waals surface area contributed by atoms with Crippen LogP contribution in [0.1, 0.15) is 0 Å². The van der Waals surface area contributed by atoms with Crippen LogP contribution in [0.25, 0.3) is 0 Å². The summed E-state index contributed by atoms with van der Waals surface area (Å²) in [4.78, 5) is 20.5. The molecule has 0 fully saturated rings. The predicted octanol–water partition coefficient (Wildman–Crippen LogP) is 3.67. The molecule has 2 unspecified atom stereocenters. The quantitative estimate of drug-likeness (QED) is 0.308. The molecule has 0 aromatic carbocycles. The number of carbonyl (C=O) groups is 2. The van der Waals surface area contributed by atoms with E-state index in [1.165, 1.54) is 0 Å². The summed E-state index contributed by atoms with van der Waals surface area (Å²) in [6, 6.07) is -3.99. The van der Waals surface area contributed by atoms with Gasteiger partial charge in [0.25, 0.3) is 0 Å². The van der Waals surface area contributed by atoms with Crippen LogP contribution in [0.3, 0.4) is 0 Å². The summed E-state index contributed by atoms with van der Waals surface area (Å²) in [6.45, 7) is 0. The van der Waals surface area contributed by atoms with Crippen LogP contribution in [0.2, 0.25) is 0 Å². The molecule has 0 heterocycles. The molecule has 0 aromatic heterocycles. The fourth-order valence-electron chi connectivity index (χ4n) is 1.24. The van der Waals surface area contributed by atoms with Gasteiger partial charge >= 0.3 is 48.4 Å². The lowest BCUT2D eigenvalue weighted by atomic mass is 10.2. The Morgan fingerprint density at radius 1 is 0.759 bits per heavy atom. The van der Waals surface area contributed by atoms with Crippen molar-refractivity contribution in [1.82, 2.24) is 0 Å². The van der Waals surface area contributed by atoms with Gasteiger partial charge in [-0.3, -0.25) is 14.3 Å². The van der Waals surface area contributed by atoms with E-state index >= 15 is 0 Å². The van der Waals surface area contributed by atoms with E-state index in [0.717, 1.165) is 0 Å². The first-order chi connectivity index (χ1) is 12.5. The van der Waals surface area contributed by atoms with Gasteiger partial charge in [0.1, 0.15) is 0 Å². The van der Waals surface area contributed by atoms with E-state index in [-0.39, 0.29) is 7.11 Å². The summed E-state index contributed by atoms with van der Waals surface area (Å²) in [6.07, 6.45) is -33.9. The molecule has 2 atom stereocenters. The van der Waals surface area contributed by atoms with Gasteiger partial charge in [0.05, 0.1) is 7.11 Å². The lowest BCUT2D eigenvalue weighted by Crippen LogP contribution is -2.65. The van der Waals surface area contributed by atoms with Gasteiger partial charge in [-0.2, -0.15) is 61.5 Å². The van der Waals surface area contributed by atoms with Crippen LogP contribution in [0.5, 0.6) is 0 Å². The number of carbonyl (C=O) groups excluding carboxylic acids is 2. The molecule has 0 rings (SSSR count). The van der Waals surface area contributed by atoms with Gasteiger partial charge in [0.15, 0.2) is 0 Å². The van der Waals surface area contributed by atoms with Gasteiger partial charge in [0.2, 0.25) is 6.10 Å². The average molecular weight is 470 g/mol. The molecule has 0 aromatic rings. The minimum absolute atomic E-state index is 0.0583. The molecule has 0 saturated carbocycles. The first-order valence-corrected chi connectivity index (χ1v) is 6.09. The molecule has 0 saturated heterocycles. The molecule has 5 nitrogen and oxygen atoms in total. The van der Waals surface area contributed by atoms with Gasteiger partial charge in [0, 0.05) is 0 Å². The molecular weight excluding hydrogens is 466 g/mol. The van der Waals surface area contributed by atoms with Crippen molar-refractivity contribution in [3.63, 3.8) is 0 Å². The lowest BCUT2D eigenvalue weighted by Gasteiger charge is -2.38. The highest BCUT2D eigenvalue weighted by atomic mass is 19.4. The van der Waals surface area contributed by atoms with Gasteiger partial charge in [-0.05, 0) is 0 Å². The first-order valence-electron chi connectivity index (χ1n) is 6.09. The van der Waals surface area contributed by atoms with Crippen LogP contribution in [0.4, 0.5) is 61.5 Å². The molecule has 0 radical (unpaired) electrons. The molecule has 0 aliphatic carbocycles. The zero-order valence-electron chi connectivity index (χ0n) is 12.9. The molecule has 29 heavy (non-hydrogen) atoms. The Kier molecular flexibility index (Phi) is 7.21. The van der Waals surface area contributed by atoms with Crippen LogP contribution in [0, 0.1) is 0 Å². The fourth-order valence-corrected chi connectivity index (χ4v) is 1.24. The summed E-state index contributed by atoms with van der Waals surface area (Å²) < 4.78 is 186. The zero-order chi connectivity index (χ0) is 23.9. The van der Waals surface area contributed by atoms with Crippen LogP contribution in [0.15, 0.2) is 0 Å². The maximum Gasteiger partial charge on any atom is 0.458 e. The van der Waals surface area contributed by atoms with Crippen LogP contribution in [-0.4, -0.2) is 61.6 Å². The Labute approximate surface area is 148 Å². The van der Waals surface area contributed by atoms with Crippen molar-refractivity contribution < 1.29 is 85.3 Å². The maximum atomic E-state index is 13.7.